The lowest BCUT2D eigenvalue weighted by molar-refractivity contribution is -0.136. The van der Waals surface area contributed by atoms with Crippen molar-refractivity contribution in [1.29, 1.82) is 5.26 Å². The highest BCUT2D eigenvalue weighted by Gasteiger charge is 1.96. The molecule has 0 fully saturated rings. The minimum atomic E-state index is -0.765. The molecule has 0 amide bonds. The van der Waals surface area contributed by atoms with Crippen molar-refractivity contribution in [2.45, 2.75) is 12.8 Å². The van der Waals surface area contributed by atoms with Crippen LogP contribution in [-0.2, 0) is 4.79 Å². The van der Waals surface area contributed by atoms with Gasteiger partial charge in [0.15, 0.2) is 0 Å². The number of carboxylic acids is 1. The third kappa shape index (κ3) is 9.66. The maximum atomic E-state index is 10.0. The summed E-state index contributed by atoms with van der Waals surface area (Å²) in [6.07, 6.45) is 0.731. The van der Waals surface area contributed by atoms with Gasteiger partial charge >= 0.3 is 5.97 Å². The fraction of sp³-hybridized carbons (Fsp3) is 0.667. The Balaban J connectivity index is 2.92. The first-order chi connectivity index (χ1) is 5.27. The molecule has 0 heterocycles. The normalized spacial score (nSPS) is 9.00. The van der Waals surface area contributed by atoms with Gasteiger partial charge in [-0.3, -0.25) is 4.79 Å². The molecule has 0 unspecified atom stereocenters. The maximum absolute atomic E-state index is 10.0. The third-order valence-corrected chi connectivity index (χ3v) is 3.19. The molecule has 0 rings (SSSR count). The van der Waals surface area contributed by atoms with Crippen LogP contribution in [0.1, 0.15) is 12.8 Å². The SMILES string of the molecule is N#CCCSSCCC(=O)O. The molecule has 0 bridgehead atoms. The predicted octanol–water partition coefficient (Wildman–Crippen LogP) is 1.76. The largest absolute Gasteiger partial charge is 0.481 e. The van der Waals surface area contributed by atoms with Gasteiger partial charge in [-0.25, -0.2) is 0 Å². The summed E-state index contributed by atoms with van der Waals surface area (Å²) in [6, 6.07) is 2.02. The van der Waals surface area contributed by atoms with Crippen molar-refractivity contribution < 1.29 is 9.90 Å². The first-order valence-corrected chi connectivity index (χ1v) is 5.59. The molecule has 0 aliphatic carbocycles. The van der Waals surface area contributed by atoms with Crippen LogP contribution < -0.4 is 0 Å². The molecule has 0 saturated heterocycles. The molecule has 0 aromatic carbocycles. The Morgan fingerprint density at radius 3 is 2.64 bits per heavy atom. The molecule has 3 nitrogen and oxygen atoms in total. The van der Waals surface area contributed by atoms with E-state index in [1.54, 1.807) is 10.8 Å². The molecule has 0 spiro atoms. The average Bonchev–Trinajstić information content (AvgIpc) is 1.96. The zero-order valence-corrected chi connectivity index (χ0v) is 7.58. The van der Waals surface area contributed by atoms with E-state index >= 15 is 0 Å². The molecular formula is C6H9NO2S2. The van der Waals surface area contributed by atoms with Crippen LogP contribution in [0.4, 0.5) is 0 Å². The Morgan fingerprint density at radius 1 is 1.45 bits per heavy atom. The van der Waals surface area contributed by atoms with Crippen LogP contribution in [0.15, 0.2) is 0 Å². The number of hydrogen-bond acceptors (Lipinski definition) is 4. The second kappa shape index (κ2) is 7.76. The van der Waals surface area contributed by atoms with Gasteiger partial charge in [0.05, 0.1) is 12.5 Å². The standard InChI is InChI=1S/C6H9NO2S2/c7-3-1-4-10-11-5-2-6(8)9/h1-2,4-5H2,(H,8,9). The van der Waals surface area contributed by atoms with E-state index in [4.69, 9.17) is 10.4 Å². The lowest BCUT2D eigenvalue weighted by Crippen LogP contribution is -1.94. The summed E-state index contributed by atoms with van der Waals surface area (Å²) >= 11 is 0. The van der Waals surface area contributed by atoms with Crippen molar-refractivity contribution in [1.82, 2.24) is 0 Å². The molecule has 0 radical (unpaired) electrons. The van der Waals surface area contributed by atoms with Crippen LogP contribution in [0.3, 0.4) is 0 Å². The summed E-state index contributed by atoms with van der Waals surface area (Å²) in [7, 11) is 3.06. The van der Waals surface area contributed by atoms with Crippen molar-refractivity contribution in [3.63, 3.8) is 0 Å². The van der Waals surface area contributed by atoms with E-state index in [2.05, 4.69) is 0 Å². The highest BCUT2D eigenvalue weighted by Crippen LogP contribution is 2.22. The zero-order chi connectivity index (χ0) is 8.53. The number of nitriles is 1. The van der Waals surface area contributed by atoms with Crippen LogP contribution in [-0.4, -0.2) is 22.6 Å². The molecule has 0 aliphatic heterocycles. The highest BCUT2D eigenvalue weighted by atomic mass is 33.1. The molecule has 0 atom stereocenters. The zero-order valence-electron chi connectivity index (χ0n) is 5.95. The van der Waals surface area contributed by atoms with Gasteiger partial charge in [0.1, 0.15) is 0 Å². The van der Waals surface area contributed by atoms with Crippen LogP contribution in [0.5, 0.6) is 0 Å². The Morgan fingerprint density at radius 2 is 2.09 bits per heavy atom. The lowest BCUT2D eigenvalue weighted by atomic mass is 10.5. The van der Waals surface area contributed by atoms with Crippen molar-refractivity contribution in [2.75, 3.05) is 11.5 Å². The third-order valence-electron chi connectivity index (χ3n) is 0.780. The Bertz CT molecular complexity index is 155. The number of hydrogen-bond donors (Lipinski definition) is 1. The molecule has 5 heteroatoms. The predicted molar refractivity (Wildman–Crippen MR) is 47.4 cm³/mol. The number of carbonyl (C=O) groups is 1. The number of nitrogens with zero attached hydrogens (tertiary/aromatic N) is 1. The summed E-state index contributed by atoms with van der Waals surface area (Å²) in [5.74, 6) is 0.630. The fourth-order valence-electron chi connectivity index (χ4n) is 0.334. The Kier molecular flexibility index (Phi) is 7.52. The van der Waals surface area contributed by atoms with Crippen molar-refractivity contribution in [3.8, 4) is 6.07 Å². The van der Waals surface area contributed by atoms with Crippen LogP contribution >= 0.6 is 21.6 Å². The van der Waals surface area contributed by atoms with E-state index in [0.29, 0.717) is 12.2 Å². The second-order valence-corrected chi connectivity index (χ2v) is 4.40. The average molecular weight is 191 g/mol. The maximum Gasteiger partial charge on any atom is 0.304 e. The van der Waals surface area contributed by atoms with Crippen LogP contribution in [0.25, 0.3) is 0 Å². The Hall–Kier alpha value is -0.340. The number of carboxylic acid groups (broad SMARTS) is 1. The van der Waals surface area contributed by atoms with Gasteiger partial charge in [0, 0.05) is 17.9 Å². The van der Waals surface area contributed by atoms with E-state index in [0.717, 1.165) is 5.75 Å². The van der Waals surface area contributed by atoms with E-state index in [9.17, 15) is 4.79 Å². The van der Waals surface area contributed by atoms with Gasteiger partial charge < -0.3 is 5.11 Å². The van der Waals surface area contributed by atoms with Gasteiger partial charge in [0.25, 0.3) is 0 Å². The topological polar surface area (TPSA) is 61.1 Å². The van der Waals surface area contributed by atoms with Gasteiger partial charge in [-0.1, -0.05) is 21.6 Å². The molecule has 0 aliphatic rings. The van der Waals surface area contributed by atoms with E-state index in [1.165, 1.54) is 10.8 Å². The first kappa shape index (κ1) is 10.7. The molecule has 62 valence electrons. The molecule has 0 aromatic heterocycles. The summed E-state index contributed by atoms with van der Waals surface area (Å²) < 4.78 is 0. The molecular weight excluding hydrogens is 182 g/mol. The molecule has 0 saturated carbocycles. The van der Waals surface area contributed by atoms with Gasteiger partial charge in [0.2, 0.25) is 0 Å². The monoisotopic (exact) mass is 191 g/mol. The quantitative estimate of drug-likeness (QED) is 0.512. The lowest BCUT2D eigenvalue weighted by Gasteiger charge is -1.94. The van der Waals surface area contributed by atoms with Crippen molar-refractivity contribution in [2.24, 2.45) is 0 Å². The van der Waals surface area contributed by atoms with Gasteiger partial charge in [-0.15, -0.1) is 0 Å². The van der Waals surface area contributed by atoms with E-state index in [1.807, 2.05) is 6.07 Å². The van der Waals surface area contributed by atoms with E-state index < -0.39 is 5.97 Å². The number of aliphatic carboxylic acids is 1. The van der Waals surface area contributed by atoms with Crippen molar-refractivity contribution >= 4 is 27.6 Å². The van der Waals surface area contributed by atoms with Crippen LogP contribution in [0, 0.1) is 11.3 Å². The van der Waals surface area contributed by atoms with Gasteiger partial charge in [-0.2, -0.15) is 5.26 Å². The molecule has 0 aromatic rings. The minimum Gasteiger partial charge on any atom is -0.481 e. The number of rotatable bonds is 6. The van der Waals surface area contributed by atoms with Crippen molar-refractivity contribution in [3.05, 3.63) is 0 Å². The van der Waals surface area contributed by atoms with Gasteiger partial charge in [-0.05, 0) is 0 Å². The molecule has 1 N–H and O–H groups in total. The second-order valence-electron chi connectivity index (χ2n) is 1.70. The summed E-state index contributed by atoms with van der Waals surface area (Å²) in [5.41, 5.74) is 0. The Labute approximate surface area is 73.6 Å². The summed E-state index contributed by atoms with van der Waals surface area (Å²) in [5, 5.41) is 16.4. The van der Waals surface area contributed by atoms with E-state index in [-0.39, 0.29) is 6.42 Å². The molecule has 11 heavy (non-hydrogen) atoms. The minimum absolute atomic E-state index is 0.199. The van der Waals surface area contributed by atoms with Crippen LogP contribution in [0.2, 0.25) is 0 Å². The highest BCUT2D eigenvalue weighted by molar-refractivity contribution is 8.76. The smallest absolute Gasteiger partial charge is 0.304 e. The fourth-order valence-corrected chi connectivity index (χ4v) is 2.21. The summed E-state index contributed by atoms with van der Waals surface area (Å²) in [4.78, 5) is 10.0. The first-order valence-electron chi connectivity index (χ1n) is 3.10. The summed E-state index contributed by atoms with van der Waals surface area (Å²) in [6.45, 7) is 0.